The summed E-state index contributed by atoms with van der Waals surface area (Å²) in [5, 5.41) is 0. The Labute approximate surface area is 252 Å². The van der Waals surface area contributed by atoms with Crippen molar-refractivity contribution in [2.45, 2.75) is 63.2 Å². The van der Waals surface area contributed by atoms with Crippen LogP contribution in [0.1, 0.15) is 74.3 Å². The molecule has 3 nitrogen and oxygen atoms in total. The topological polar surface area (TPSA) is 51.2 Å². The maximum Gasteiger partial charge on any atom is 0.140 e. The van der Waals surface area contributed by atoms with Crippen molar-refractivity contribution in [3.05, 3.63) is 79.0 Å². The van der Waals surface area contributed by atoms with E-state index in [1.165, 1.54) is 18.3 Å². The number of carbonyl (C=O) groups excluding carboxylic acids is 3. The smallest absolute Gasteiger partial charge is 0.140 e. The largest absolute Gasteiger partial charge is 0.299 e. The summed E-state index contributed by atoms with van der Waals surface area (Å²) in [6, 6.07) is 17.6. The molecule has 6 aliphatic rings. The molecule has 0 aromatic heterocycles. The first-order valence-electron chi connectivity index (χ1n) is 14.1. The molecule has 0 heterocycles. The first-order valence-corrected chi connectivity index (χ1v) is 16.3. The molecule has 38 heavy (non-hydrogen) atoms. The summed E-state index contributed by atoms with van der Waals surface area (Å²) in [7, 11) is 0. The van der Waals surface area contributed by atoms with Gasteiger partial charge in [-0.2, -0.15) is 0 Å². The number of allylic oxidation sites excluding steroid dienone is 2. The monoisotopic (exact) mass is 732 g/mol. The van der Waals surface area contributed by atoms with E-state index in [-0.39, 0.29) is 0 Å². The van der Waals surface area contributed by atoms with E-state index in [9.17, 15) is 14.4 Å². The highest BCUT2D eigenvalue weighted by Gasteiger charge is 2.47. The predicted octanol–water partition coefficient (Wildman–Crippen LogP) is 7.90. The summed E-state index contributed by atoms with van der Waals surface area (Å²) in [6.07, 6.45) is 12.2. The van der Waals surface area contributed by atoms with Gasteiger partial charge in [0.25, 0.3) is 0 Å². The molecular weight excluding hydrogens is 698 g/mol. The minimum atomic E-state index is 0.319. The number of Topliss-reactive ketones (excluding diaryl/α,β-unsaturated/α-hetero) is 3. The summed E-state index contributed by atoms with van der Waals surface area (Å²) in [6.45, 7) is 0. The molecule has 8 rings (SSSR count). The summed E-state index contributed by atoms with van der Waals surface area (Å²) < 4.78 is 2.59. The van der Waals surface area contributed by atoms with E-state index in [1.54, 1.807) is 0 Å². The van der Waals surface area contributed by atoms with Gasteiger partial charge >= 0.3 is 0 Å². The molecule has 8 unspecified atom stereocenters. The van der Waals surface area contributed by atoms with E-state index < -0.39 is 0 Å². The van der Waals surface area contributed by atoms with Crippen LogP contribution >= 0.6 is 45.2 Å². The molecule has 0 radical (unpaired) electrons. The van der Waals surface area contributed by atoms with Gasteiger partial charge in [-0.3, -0.25) is 14.4 Å². The molecule has 5 fully saturated rings. The van der Waals surface area contributed by atoms with Gasteiger partial charge in [0.05, 0.1) is 0 Å². The van der Waals surface area contributed by atoms with Gasteiger partial charge in [-0.15, -0.1) is 0 Å². The first-order chi connectivity index (χ1) is 18.3. The Balaban J connectivity index is 0.000000135. The average molecular weight is 732 g/mol. The molecule has 8 atom stereocenters. The highest BCUT2D eigenvalue weighted by molar-refractivity contribution is 14.1. The fourth-order valence-corrected chi connectivity index (χ4v) is 8.61. The minimum Gasteiger partial charge on any atom is -0.299 e. The molecule has 0 N–H and O–H groups in total. The van der Waals surface area contributed by atoms with Crippen LogP contribution in [0.2, 0.25) is 0 Å². The lowest BCUT2D eigenvalue weighted by Crippen LogP contribution is -2.17. The van der Waals surface area contributed by atoms with Gasteiger partial charge in [-0.05, 0) is 142 Å². The minimum absolute atomic E-state index is 0.319. The molecule has 5 heteroatoms. The quantitative estimate of drug-likeness (QED) is 0.233. The standard InChI is InChI=1S/C20H22O2.C7H8O.C6H4I2/c21-19-9-13-5-15(19)7-17(13)11-1-2-12(4-3-11)18-8-16-6-14(18)10-20(16)22;8-7-4-5-1-2-6(7)3-5;7-5-1-2-6(8)4-3-5/h1-4,13-18H,5-10H2;1-2,5-6H,3-4H2;1-4H. The SMILES string of the molecule is Ic1ccc(I)cc1.O=C1CC2C=CC1C2.O=C1CC2CC1CC2c1ccc(C2CC3CC2CC3=O)cc1. The van der Waals surface area contributed by atoms with Gasteiger partial charge < -0.3 is 0 Å². The number of halogens is 2. The Morgan fingerprint density at radius 2 is 1.00 bits per heavy atom. The summed E-state index contributed by atoms with van der Waals surface area (Å²) >= 11 is 4.59. The van der Waals surface area contributed by atoms with Crippen molar-refractivity contribution in [3.8, 4) is 0 Å². The van der Waals surface area contributed by atoms with Crippen LogP contribution in [0.3, 0.4) is 0 Å². The number of fused-ring (bicyclic) bond motifs is 6. The van der Waals surface area contributed by atoms with Gasteiger partial charge in [-0.1, -0.05) is 36.4 Å². The zero-order valence-electron chi connectivity index (χ0n) is 21.5. The molecule has 6 bridgehead atoms. The van der Waals surface area contributed by atoms with E-state index in [0.717, 1.165) is 51.4 Å². The number of ketones is 3. The third-order valence-electron chi connectivity index (χ3n) is 9.87. The first kappa shape index (κ1) is 26.9. The van der Waals surface area contributed by atoms with Crippen molar-refractivity contribution in [1.82, 2.24) is 0 Å². The molecule has 6 aliphatic carbocycles. The molecule has 0 amide bonds. The number of carbonyl (C=O) groups is 3. The maximum atomic E-state index is 11.7. The van der Waals surface area contributed by atoms with Crippen LogP contribution in [0.5, 0.6) is 0 Å². The van der Waals surface area contributed by atoms with Crippen LogP contribution in [0.15, 0.2) is 60.7 Å². The Hall–Kier alpha value is -1.35. The number of rotatable bonds is 2. The lowest BCUT2D eigenvalue weighted by atomic mass is 9.80. The van der Waals surface area contributed by atoms with E-state index in [2.05, 4.69) is 106 Å². The molecule has 2 aromatic rings. The second kappa shape index (κ2) is 11.3. The van der Waals surface area contributed by atoms with Crippen molar-refractivity contribution in [1.29, 1.82) is 0 Å². The third-order valence-corrected chi connectivity index (χ3v) is 11.3. The number of hydrogen-bond acceptors (Lipinski definition) is 3. The number of hydrogen-bond donors (Lipinski definition) is 0. The lowest BCUT2D eigenvalue weighted by Gasteiger charge is -2.24. The van der Waals surface area contributed by atoms with Crippen molar-refractivity contribution in [2.75, 3.05) is 0 Å². The normalized spacial score (nSPS) is 35.4. The molecule has 2 aromatic carbocycles. The predicted molar refractivity (Wildman–Crippen MR) is 166 cm³/mol. The second-order valence-corrected chi connectivity index (χ2v) is 14.7. The molecule has 0 saturated heterocycles. The third kappa shape index (κ3) is 5.61. The summed E-state index contributed by atoms with van der Waals surface area (Å²) in [5.74, 6) is 5.53. The second-order valence-electron chi connectivity index (χ2n) is 12.2. The summed E-state index contributed by atoms with van der Waals surface area (Å²) in [5.41, 5.74) is 2.87. The van der Waals surface area contributed by atoms with Crippen LogP contribution in [0, 0.1) is 42.6 Å². The van der Waals surface area contributed by atoms with E-state index in [0.29, 0.717) is 64.7 Å². The van der Waals surface area contributed by atoms with E-state index in [1.807, 2.05) is 0 Å². The zero-order valence-corrected chi connectivity index (χ0v) is 25.8. The fraction of sp³-hybridized carbons (Fsp3) is 0.485. The fourth-order valence-electron chi connectivity index (χ4n) is 7.89. The Kier molecular flexibility index (Phi) is 7.96. The zero-order chi connectivity index (χ0) is 26.4. The molecule has 0 spiro atoms. The Morgan fingerprint density at radius 1 is 0.526 bits per heavy atom. The van der Waals surface area contributed by atoms with Crippen LogP contribution < -0.4 is 0 Å². The van der Waals surface area contributed by atoms with Crippen LogP contribution in [0.4, 0.5) is 0 Å². The molecule has 5 saturated carbocycles. The van der Waals surface area contributed by atoms with Crippen molar-refractivity contribution >= 4 is 62.5 Å². The van der Waals surface area contributed by atoms with Gasteiger partial charge in [0.1, 0.15) is 17.3 Å². The highest BCUT2D eigenvalue weighted by Crippen LogP contribution is 2.53. The van der Waals surface area contributed by atoms with Gasteiger partial charge in [-0.25, -0.2) is 0 Å². The van der Waals surface area contributed by atoms with Crippen molar-refractivity contribution < 1.29 is 14.4 Å². The summed E-state index contributed by atoms with van der Waals surface area (Å²) in [4.78, 5) is 34.2. The molecule has 0 aliphatic heterocycles. The molecular formula is C33H34I2O3. The van der Waals surface area contributed by atoms with Gasteiger partial charge in [0.2, 0.25) is 0 Å². The van der Waals surface area contributed by atoms with Crippen LogP contribution in [0.25, 0.3) is 0 Å². The van der Waals surface area contributed by atoms with E-state index >= 15 is 0 Å². The van der Waals surface area contributed by atoms with Crippen molar-refractivity contribution in [2.24, 2.45) is 35.5 Å². The maximum absolute atomic E-state index is 11.7. The average Bonchev–Trinajstić information content (AvgIpc) is 3.75. The van der Waals surface area contributed by atoms with Crippen LogP contribution in [-0.4, -0.2) is 17.3 Å². The highest BCUT2D eigenvalue weighted by atomic mass is 127. The van der Waals surface area contributed by atoms with Crippen molar-refractivity contribution in [3.63, 3.8) is 0 Å². The number of benzene rings is 2. The van der Waals surface area contributed by atoms with Gasteiger partial charge in [0.15, 0.2) is 0 Å². The van der Waals surface area contributed by atoms with Gasteiger partial charge in [0, 0.05) is 44.2 Å². The lowest BCUT2D eigenvalue weighted by molar-refractivity contribution is -0.122. The Bertz CT molecular complexity index is 1170. The van der Waals surface area contributed by atoms with E-state index in [4.69, 9.17) is 0 Å². The van der Waals surface area contributed by atoms with Crippen LogP contribution in [-0.2, 0) is 14.4 Å². The molecule has 198 valence electrons. The Morgan fingerprint density at radius 3 is 1.26 bits per heavy atom.